The van der Waals surface area contributed by atoms with Gasteiger partial charge in [0.2, 0.25) is 5.91 Å². The van der Waals surface area contributed by atoms with Crippen molar-refractivity contribution < 1.29 is 9.53 Å². The molecule has 0 aliphatic rings. The van der Waals surface area contributed by atoms with E-state index in [0.717, 1.165) is 11.1 Å². The van der Waals surface area contributed by atoms with Gasteiger partial charge in [-0.25, -0.2) is 0 Å². The SMILES string of the molecule is CCOc1ccc(Cl)cc1-c1ccccc1C(N)=O. The number of nitrogens with two attached hydrogens (primary N) is 1. The van der Waals surface area contributed by atoms with Gasteiger partial charge in [-0.1, -0.05) is 29.8 Å². The average molecular weight is 276 g/mol. The number of primary amides is 1. The number of halogens is 1. The van der Waals surface area contributed by atoms with E-state index in [2.05, 4.69) is 0 Å². The highest BCUT2D eigenvalue weighted by molar-refractivity contribution is 6.31. The summed E-state index contributed by atoms with van der Waals surface area (Å²) in [6, 6.07) is 12.5. The van der Waals surface area contributed by atoms with Gasteiger partial charge >= 0.3 is 0 Å². The molecule has 19 heavy (non-hydrogen) atoms. The van der Waals surface area contributed by atoms with E-state index in [1.54, 1.807) is 30.3 Å². The van der Waals surface area contributed by atoms with Gasteiger partial charge in [0, 0.05) is 16.1 Å². The van der Waals surface area contributed by atoms with Gasteiger partial charge in [0.25, 0.3) is 0 Å². The molecule has 3 nitrogen and oxygen atoms in total. The molecule has 0 spiro atoms. The molecular weight excluding hydrogens is 262 g/mol. The minimum atomic E-state index is -0.474. The zero-order chi connectivity index (χ0) is 13.8. The van der Waals surface area contributed by atoms with Gasteiger partial charge in [-0.15, -0.1) is 0 Å². The van der Waals surface area contributed by atoms with Gasteiger partial charge in [0.05, 0.1) is 6.61 Å². The Bertz CT molecular complexity index is 611. The third-order valence-corrected chi connectivity index (χ3v) is 2.96. The number of hydrogen-bond donors (Lipinski definition) is 1. The van der Waals surface area contributed by atoms with Crippen molar-refractivity contribution in [2.45, 2.75) is 6.92 Å². The number of rotatable bonds is 4. The van der Waals surface area contributed by atoms with Crippen molar-refractivity contribution >= 4 is 17.5 Å². The number of amides is 1. The Kier molecular flexibility index (Phi) is 4.07. The minimum absolute atomic E-state index is 0.450. The van der Waals surface area contributed by atoms with E-state index in [4.69, 9.17) is 22.1 Å². The molecule has 0 aromatic heterocycles. The Morgan fingerprint density at radius 3 is 2.63 bits per heavy atom. The first kappa shape index (κ1) is 13.4. The molecule has 0 atom stereocenters. The maximum atomic E-state index is 11.5. The van der Waals surface area contributed by atoms with Crippen LogP contribution in [0.4, 0.5) is 0 Å². The molecule has 0 fully saturated rings. The molecular formula is C15H14ClNO2. The smallest absolute Gasteiger partial charge is 0.249 e. The minimum Gasteiger partial charge on any atom is -0.493 e. The maximum absolute atomic E-state index is 11.5. The molecule has 0 radical (unpaired) electrons. The van der Waals surface area contributed by atoms with Crippen LogP contribution < -0.4 is 10.5 Å². The molecule has 0 saturated carbocycles. The molecule has 2 N–H and O–H groups in total. The fourth-order valence-corrected chi connectivity index (χ4v) is 2.10. The van der Waals surface area contributed by atoms with Gasteiger partial charge in [-0.05, 0) is 36.8 Å². The molecule has 2 rings (SSSR count). The molecule has 0 saturated heterocycles. The van der Waals surface area contributed by atoms with E-state index in [0.29, 0.717) is 22.9 Å². The zero-order valence-corrected chi connectivity index (χ0v) is 11.3. The summed E-state index contributed by atoms with van der Waals surface area (Å²) in [7, 11) is 0. The number of carbonyl (C=O) groups excluding carboxylic acids is 1. The number of hydrogen-bond acceptors (Lipinski definition) is 2. The molecule has 0 heterocycles. The van der Waals surface area contributed by atoms with E-state index in [1.165, 1.54) is 0 Å². The Morgan fingerprint density at radius 1 is 1.21 bits per heavy atom. The highest BCUT2D eigenvalue weighted by Gasteiger charge is 2.13. The summed E-state index contributed by atoms with van der Waals surface area (Å²) in [5.41, 5.74) is 7.34. The van der Waals surface area contributed by atoms with Crippen LogP contribution in [0.15, 0.2) is 42.5 Å². The van der Waals surface area contributed by atoms with Crippen molar-refractivity contribution in [2.75, 3.05) is 6.61 Å². The van der Waals surface area contributed by atoms with Crippen molar-refractivity contribution in [3.63, 3.8) is 0 Å². The van der Waals surface area contributed by atoms with Crippen LogP contribution in [0.5, 0.6) is 5.75 Å². The molecule has 0 aliphatic carbocycles. The summed E-state index contributed by atoms with van der Waals surface area (Å²) in [6.07, 6.45) is 0. The van der Waals surface area contributed by atoms with Crippen LogP contribution in [-0.2, 0) is 0 Å². The quantitative estimate of drug-likeness (QED) is 0.928. The second-order valence-electron chi connectivity index (χ2n) is 3.98. The highest BCUT2D eigenvalue weighted by atomic mass is 35.5. The number of ether oxygens (including phenoxy) is 1. The van der Waals surface area contributed by atoms with Crippen LogP contribution in [0, 0.1) is 0 Å². The van der Waals surface area contributed by atoms with E-state index in [1.807, 2.05) is 19.1 Å². The van der Waals surface area contributed by atoms with Crippen LogP contribution in [-0.4, -0.2) is 12.5 Å². The van der Waals surface area contributed by atoms with Crippen LogP contribution in [0.2, 0.25) is 5.02 Å². The van der Waals surface area contributed by atoms with Crippen LogP contribution in [0.1, 0.15) is 17.3 Å². The third-order valence-electron chi connectivity index (χ3n) is 2.72. The molecule has 2 aromatic rings. The molecule has 0 unspecified atom stereocenters. The van der Waals surface area contributed by atoms with E-state index in [-0.39, 0.29) is 0 Å². The van der Waals surface area contributed by atoms with Crippen molar-refractivity contribution in [1.82, 2.24) is 0 Å². The first-order valence-corrected chi connectivity index (χ1v) is 6.33. The third kappa shape index (κ3) is 2.88. The summed E-state index contributed by atoms with van der Waals surface area (Å²) < 4.78 is 5.57. The average Bonchev–Trinajstić information content (AvgIpc) is 2.41. The van der Waals surface area contributed by atoms with Gasteiger partial charge < -0.3 is 10.5 Å². The molecule has 0 bridgehead atoms. The largest absolute Gasteiger partial charge is 0.493 e. The van der Waals surface area contributed by atoms with E-state index in [9.17, 15) is 4.79 Å². The summed E-state index contributed by atoms with van der Waals surface area (Å²) in [5.74, 6) is 0.207. The Labute approximate surface area is 117 Å². The lowest BCUT2D eigenvalue weighted by atomic mass is 9.98. The zero-order valence-electron chi connectivity index (χ0n) is 10.5. The summed E-state index contributed by atoms with van der Waals surface area (Å²) in [5, 5.41) is 0.581. The lowest BCUT2D eigenvalue weighted by Gasteiger charge is -2.13. The molecule has 1 amide bonds. The van der Waals surface area contributed by atoms with Crippen molar-refractivity contribution in [2.24, 2.45) is 5.73 Å². The van der Waals surface area contributed by atoms with Crippen LogP contribution >= 0.6 is 11.6 Å². The van der Waals surface area contributed by atoms with Crippen molar-refractivity contribution in [3.8, 4) is 16.9 Å². The lowest BCUT2D eigenvalue weighted by Crippen LogP contribution is -2.12. The fourth-order valence-electron chi connectivity index (χ4n) is 1.93. The van der Waals surface area contributed by atoms with Crippen LogP contribution in [0.25, 0.3) is 11.1 Å². The molecule has 4 heteroatoms. The number of carbonyl (C=O) groups is 1. The molecule has 0 aliphatic heterocycles. The van der Waals surface area contributed by atoms with Gasteiger partial charge in [0.1, 0.15) is 5.75 Å². The van der Waals surface area contributed by atoms with Crippen molar-refractivity contribution in [3.05, 3.63) is 53.1 Å². The Balaban J connectivity index is 2.64. The fraction of sp³-hybridized carbons (Fsp3) is 0.133. The predicted molar refractivity (Wildman–Crippen MR) is 76.6 cm³/mol. The monoisotopic (exact) mass is 275 g/mol. The molecule has 98 valence electrons. The maximum Gasteiger partial charge on any atom is 0.249 e. The Hall–Kier alpha value is -2.00. The molecule has 2 aromatic carbocycles. The van der Waals surface area contributed by atoms with Crippen LogP contribution in [0.3, 0.4) is 0 Å². The standard InChI is InChI=1S/C15H14ClNO2/c1-2-19-14-8-7-10(16)9-13(14)11-5-3-4-6-12(11)15(17)18/h3-9H,2H2,1H3,(H2,17,18). The van der Waals surface area contributed by atoms with Gasteiger partial charge in [0.15, 0.2) is 0 Å². The Morgan fingerprint density at radius 2 is 1.95 bits per heavy atom. The summed E-state index contributed by atoms with van der Waals surface area (Å²) >= 11 is 6.03. The van der Waals surface area contributed by atoms with Gasteiger partial charge in [-0.3, -0.25) is 4.79 Å². The van der Waals surface area contributed by atoms with Crippen molar-refractivity contribution in [1.29, 1.82) is 0 Å². The first-order valence-electron chi connectivity index (χ1n) is 5.95. The highest BCUT2D eigenvalue weighted by Crippen LogP contribution is 2.34. The van der Waals surface area contributed by atoms with E-state index < -0.39 is 5.91 Å². The first-order chi connectivity index (χ1) is 9.13. The summed E-state index contributed by atoms with van der Waals surface area (Å²) in [6.45, 7) is 2.44. The summed E-state index contributed by atoms with van der Waals surface area (Å²) in [4.78, 5) is 11.5. The normalized spacial score (nSPS) is 10.2. The topological polar surface area (TPSA) is 52.3 Å². The lowest BCUT2D eigenvalue weighted by molar-refractivity contribution is 0.100. The van der Waals surface area contributed by atoms with Gasteiger partial charge in [-0.2, -0.15) is 0 Å². The predicted octanol–water partition coefficient (Wildman–Crippen LogP) is 3.50. The second kappa shape index (κ2) is 5.76. The van der Waals surface area contributed by atoms with E-state index >= 15 is 0 Å². The number of benzene rings is 2. The second-order valence-corrected chi connectivity index (χ2v) is 4.42.